The molecule has 198 valence electrons. The second-order valence-corrected chi connectivity index (χ2v) is 9.62. The van der Waals surface area contributed by atoms with E-state index in [0.29, 0.717) is 23.3 Å². The highest BCUT2D eigenvalue weighted by Gasteiger charge is 2.50. The molecule has 3 aromatic rings. The molecule has 38 heavy (non-hydrogen) atoms. The average molecular weight is 520 g/mol. The first-order valence-corrected chi connectivity index (χ1v) is 12.7. The van der Waals surface area contributed by atoms with Crippen molar-refractivity contribution in [3.05, 3.63) is 56.9 Å². The Hall–Kier alpha value is -4.21. The van der Waals surface area contributed by atoms with E-state index < -0.39 is 17.5 Å². The Morgan fingerprint density at radius 1 is 1.18 bits per heavy atom. The summed E-state index contributed by atoms with van der Waals surface area (Å²) < 4.78 is 12.7. The Morgan fingerprint density at radius 2 is 1.95 bits per heavy atom. The zero-order chi connectivity index (χ0) is 27.4. The number of phenolic OH excluding ortho intramolecular Hbond substituents is 1. The SMILES string of the molecule is CCC(=O)N(C)CC(=O)O[C@]1(CC)C(=O)OCc2c1cc1n(c2=O)Cc2c-1nc1ccc(O)cc1c2CC. The fraction of sp³-hybridized carbons (Fsp3) is 0.393. The van der Waals surface area contributed by atoms with E-state index in [1.807, 2.05) is 6.92 Å². The molecule has 2 aliphatic heterocycles. The van der Waals surface area contributed by atoms with Crippen molar-refractivity contribution in [2.45, 2.75) is 58.8 Å². The van der Waals surface area contributed by atoms with Crippen LogP contribution in [-0.4, -0.2) is 51.0 Å². The topological polar surface area (TPSA) is 128 Å². The van der Waals surface area contributed by atoms with Crippen molar-refractivity contribution >= 4 is 28.7 Å². The average Bonchev–Trinajstić information content (AvgIpc) is 3.27. The van der Waals surface area contributed by atoms with Crippen molar-refractivity contribution in [2.24, 2.45) is 0 Å². The summed E-state index contributed by atoms with van der Waals surface area (Å²) >= 11 is 0. The van der Waals surface area contributed by atoms with Crippen LogP contribution in [0.1, 0.15) is 55.9 Å². The van der Waals surface area contributed by atoms with E-state index >= 15 is 0 Å². The summed E-state index contributed by atoms with van der Waals surface area (Å²) in [6.45, 7) is 5.07. The maximum Gasteiger partial charge on any atom is 0.355 e. The largest absolute Gasteiger partial charge is 0.508 e. The molecule has 0 radical (unpaired) electrons. The zero-order valence-corrected chi connectivity index (χ0v) is 21.8. The first-order chi connectivity index (χ1) is 18.1. The number of carbonyl (C=O) groups is 3. The number of hydrogen-bond acceptors (Lipinski definition) is 8. The Labute approximate surface area is 218 Å². The molecule has 2 aliphatic rings. The third kappa shape index (κ3) is 3.74. The van der Waals surface area contributed by atoms with Gasteiger partial charge in [-0.25, -0.2) is 9.78 Å². The molecule has 10 heteroatoms. The smallest absolute Gasteiger partial charge is 0.355 e. The number of aromatic hydroxyl groups is 1. The summed E-state index contributed by atoms with van der Waals surface area (Å²) in [6, 6.07) is 6.67. The molecule has 0 spiro atoms. The van der Waals surface area contributed by atoms with Crippen molar-refractivity contribution in [1.82, 2.24) is 14.5 Å². The fourth-order valence-corrected chi connectivity index (χ4v) is 5.49. The number of benzene rings is 1. The minimum Gasteiger partial charge on any atom is -0.508 e. The van der Waals surface area contributed by atoms with Crippen LogP contribution in [0.2, 0.25) is 0 Å². The highest BCUT2D eigenvalue weighted by atomic mass is 16.6. The van der Waals surface area contributed by atoms with Gasteiger partial charge >= 0.3 is 11.9 Å². The summed E-state index contributed by atoms with van der Waals surface area (Å²) in [4.78, 5) is 57.8. The third-order valence-corrected chi connectivity index (χ3v) is 7.49. The Bertz CT molecular complexity index is 1580. The van der Waals surface area contributed by atoms with Crippen molar-refractivity contribution in [3.8, 4) is 17.1 Å². The number of hydrogen-bond donors (Lipinski definition) is 1. The number of phenols is 1. The molecule has 0 saturated heterocycles. The van der Waals surface area contributed by atoms with Gasteiger partial charge in [0.1, 0.15) is 18.9 Å². The van der Waals surface area contributed by atoms with Crippen LogP contribution in [0.4, 0.5) is 0 Å². The van der Waals surface area contributed by atoms with Crippen LogP contribution in [0.25, 0.3) is 22.3 Å². The second-order valence-electron chi connectivity index (χ2n) is 9.62. The summed E-state index contributed by atoms with van der Waals surface area (Å²) in [5.41, 5.74) is 2.02. The lowest BCUT2D eigenvalue weighted by atomic mass is 9.85. The van der Waals surface area contributed by atoms with Crippen molar-refractivity contribution in [1.29, 1.82) is 0 Å². The van der Waals surface area contributed by atoms with E-state index in [-0.39, 0.29) is 60.9 Å². The zero-order valence-electron chi connectivity index (χ0n) is 21.8. The third-order valence-electron chi connectivity index (χ3n) is 7.49. The van der Waals surface area contributed by atoms with Crippen LogP contribution in [0.5, 0.6) is 5.75 Å². The lowest BCUT2D eigenvalue weighted by Gasteiger charge is -2.36. The highest BCUT2D eigenvalue weighted by Crippen LogP contribution is 2.42. The summed E-state index contributed by atoms with van der Waals surface area (Å²) in [5, 5.41) is 10.9. The second kappa shape index (κ2) is 9.27. The van der Waals surface area contributed by atoms with Crippen LogP contribution in [-0.2, 0) is 49.0 Å². The number of rotatable bonds is 6. The van der Waals surface area contributed by atoms with Gasteiger partial charge in [-0.1, -0.05) is 20.8 Å². The number of pyridine rings is 2. The van der Waals surface area contributed by atoms with Gasteiger partial charge in [-0.15, -0.1) is 0 Å². The minimum atomic E-state index is -1.82. The highest BCUT2D eigenvalue weighted by molar-refractivity contribution is 5.91. The standard InChI is InChI=1S/C28H29N3O7/c1-5-16-17-10-15(32)8-9-21(17)29-25-18(16)12-31-22(25)11-20-19(26(31)35)14-37-27(36)28(20,7-3)38-24(34)13-30(4)23(33)6-2/h8-11,32H,5-7,12-14H2,1-4H3/t28-/m0/s1. The molecule has 1 N–H and O–H groups in total. The van der Waals surface area contributed by atoms with Crippen molar-refractivity contribution in [2.75, 3.05) is 13.6 Å². The molecule has 0 aliphatic carbocycles. The lowest BCUT2D eigenvalue weighted by Crippen LogP contribution is -2.48. The quantitative estimate of drug-likeness (QED) is 0.385. The Balaban J connectivity index is 1.66. The van der Waals surface area contributed by atoms with Gasteiger partial charge in [-0.3, -0.25) is 14.4 Å². The lowest BCUT2D eigenvalue weighted by molar-refractivity contribution is -0.190. The van der Waals surface area contributed by atoms with Gasteiger partial charge in [0, 0.05) is 30.0 Å². The molecule has 10 nitrogen and oxygen atoms in total. The minimum absolute atomic E-state index is 0.0381. The number of aryl methyl sites for hydroxylation is 1. The van der Waals surface area contributed by atoms with E-state index in [0.717, 1.165) is 16.5 Å². The Morgan fingerprint density at radius 3 is 2.63 bits per heavy atom. The summed E-state index contributed by atoms with van der Waals surface area (Å²) in [6.07, 6.45) is 0.919. The molecule has 1 amide bonds. The van der Waals surface area contributed by atoms with Crippen LogP contribution in [0, 0.1) is 0 Å². The molecule has 1 aromatic carbocycles. The van der Waals surface area contributed by atoms with Gasteiger partial charge in [-0.05, 0) is 42.7 Å². The van der Waals surface area contributed by atoms with Gasteiger partial charge in [0.15, 0.2) is 0 Å². The van der Waals surface area contributed by atoms with Gasteiger partial charge in [0.05, 0.1) is 29.0 Å². The molecule has 4 heterocycles. The number of likely N-dealkylation sites (N-methyl/N-ethyl adjacent to an activating group) is 1. The maximum absolute atomic E-state index is 13.7. The van der Waals surface area contributed by atoms with Crippen LogP contribution >= 0.6 is 0 Å². The molecule has 0 unspecified atom stereocenters. The van der Waals surface area contributed by atoms with Crippen molar-refractivity contribution in [3.63, 3.8) is 0 Å². The number of nitrogens with zero attached hydrogens (tertiary/aromatic N) is 3. The maximum atomic E-state index is 13.7. The van der Waals surface area contributed by atoms with Gasteiger partial charge in [0.25, 0.3) is 5.56 Å². The van der Waals surface area contributed by atoms with E-state index in [1.165, 1.54) is 11.9 Å². The first-order valence-electron chi connectivity index (χ1n) is 12.7. The fourth-order valence-electron chi connectivity index (χ4n) is 5.49. The van der Waals surface area contributed by atoms with Crippen molar-refractivity contribution < 1.29 is 29.0 Å². The van der Waals surface area contributed by atoms with Gasteiger partial charge in [-0.2, -0.15) is 0 Å². The normalized spacial score (nSPS) is 17.4. The van der Waals surface area contributed by atoms with Crippen LogP contribution < -0.4 is 5.56 Å². The molecular weight excluding hydrogens is 490 g/mol. The summed E-state index contributed by atoms with van der Waals surface area (Å²) in [5.74, 6) is -1.65. The molecule has 5 rings (SSSR count). The van der Waals surface area contributed by atoms with Gasteiger partial charge in [0.2, 0.25) is 11.5 Å². The number of esters is 2. The molecule has 0 saturated carbocycles. The molecule has 0 fully saturated rings. The monoisotopic (exact) mass is 519 g/mol. The number of amides is 1. The Kier molecular flexibility index (Phi) is 6.21. The predicted octanol–water partition coefficient (Wildman–Crippen LogP) is 2.77. The van der Waals surface area contributed by atoms with E-state index in [2.05, 4.69) is 0 Å². The molecule has 1 atom stereocenters. The number of fused-ring (bicyclic) bond motifs is 5. The van der Waals surface area contributed by atoms with E-state index in [9.17, 15) is 24.3 Å². The molecule has 0 bridgehead atoms. The number of ether oxygens (including phenoxy) is 2. The van der Waals surface area contributed by atoms with Crippen LogP contribution in [0.3, 0.4) is 0 Å². The molecule has 2 aromatic heterocycles. The van der Waals surface area contributed by atoms with E-state index in [4.69, 9.17) is 14.5 Å². The van der Waals surface area contributed by atoms with Gasteiger partial charge < -0.3 is 24.0 Å². The van der Waals surface area contributed by atoms with E-state index in [1.54, 1.807) is 42.7 Å². The number of aromatic nitrogens is 2. The summed E-state index contributed by atoms with van der Waals surface area (Å²) in [7, 11) is 1.48. The molecular formula is C28H29N3O7. The first kappa shape index (κ1) is 25.4. The predicted molar refractivity (Wildman–Crippen MR) is 137 cm³/mol. The number of cyclic esters (lactones) is 1. The van der Waals surface area contributed by atoms with Crippen LogP contribution in [0.15, 0.2) is 29.1 Å². The number of carbonyl (C=O) groups excluding carboxylic acids is 3.